The monoisotopic (exact) mass is 564 g/mol. The van der Waals surface area contributed by atoms with Crippen molar-refractivity contribution in [3.63, 3.8) is 0 Å². The Morgan fingerprint density at radius 2 is 0.950 bits per heavy atom. The van der Waals surface area contributed by atoms with E-state index >= 15 is 0 Å². The Hall–Kier alpha value is -0.640. The second kappa shape index (κ2) is 8.50. The third kappa shape index (κ3) is 3.35. The van der Waals surface area contributed by atoms with Gasteiger partial charge >= 0.3 is 5.97 Å². The smallest absolute Gasteiger partial charge is 0.312 e. The Bertz CT molecular complexity index is 955. The topological polar surface area (TPSA) is 35.5 Å². The predicted octanol–water partition coefficient (Wildman–Crippen LogP) is 8.67. The summed E-state index contributed by atoms with van der Waals surface area (Å²) in [4.78, 5) is 14.6. The summed E-state index contributed by atoms with van der Waals surface area (Å²) in [6, 6.07) is 0. The molecular weight excluding hydrogens is 512 g/mol. The van der Waals surface area contributed by atoms with Gasteiger partial charge in [-0.1, -0.05) is 13.8 Å². The third-order valence-corrected chi connectivity index (χ3v) is 16.2. The van der Waals surface area contributed by atoms with Gasteiger partial charge in [-0.15, -0.1) is 0 Å². The lowest BCUT2D eigenvalue weighted by molar-refractivity contribution is -0.230. The van der Waals surface area contributed by atoms with E-state index in [4.69, 9.17) is 21.7 Å². The van der Waals surface area contributed by atoms with Crippen LogP contribution in [-0.2, 0) is 14.3 Å². The molecule has 12 bridgehead atoms. The minimum atomic E-state index is -0.322. The zero-order valence-electron chi connectivity index (χ0n) is 25.1. The molecule has 12 aliphatic carbocycles. The molecule has 40 heavy (non-hydrogen) atoms. The molecule has 2 unspecified atom stereocenters. The Labute approximate surface area is 247 Å². The van der Waals surface area contributed by atoms with E-state index in [1.54, 1.807) is 0 Å². The second-order valence-corrected chi connectivity index (χ2v) is 17.9. The van der Waals surface area contributed by atoms with Gasteiger partial charge in [0.2, 0.25) is 0 Å². The zero-order chi connectivity index (χ0) is 27.1. The van der Waals surface area contributed by atoms with Crippen molar-refractivity contribution < 1.29 is 14.3 Å². The van der Waals surface area contributed by atoms with Crippen LogP contribution in [0.1, 0.15) is 129 Å². The van der Waals surface area contributed by atoms with E-state index in [0.29, 0.717) is 35.5 Å². The highest BCUT2D eigenvalue weighted by Gasteiger charge is 2.67. The average molecular weight is 565 g/mol. The highest BCUT2D eigenvalue weighted by Crippen LogP contribution is 2.69. The van der Waals surface area contributed by atoms with Crippen LogP contribution in [0.15, 0.2) is 0 Å². The van der Waals surface area contributed by atoms with Crippen LogP contribution < -0.4 is 0 Å². The van der Waals surface area contributed by atoms with Crippen molar-refractivity contribution in [1.29, 1.82) is 0 Å². The maximum absolute atomic E-state index is 14.6. The lowest BCUT2D eigenvalue weighted by atomic mass is 9.44. The normalized spacial score (nSPS) is 58.0. The zero-order valence-corrected chi connectivity index (χ0v) is 26.0. The van der Waals surface area contributed by atoms with Gasteiger partial charge in [-0.3, -0.25) is 4.79 Å². The van der Waals surface area contributed by atoms with Crippen LogP contribution in [0.4, 0.5) is 0 Å². The van der Waals surface area contributed by atoms with Gasteiger partial charge in [0.25, 0.3) is 0 Å². The SMILES string of the molecule is CCC1(OC(=O)C23CC4CC(C2)CC(C(=S)OC2(CC)C5CC6CC(C5)CC2C6)(C4)C3)C2CC3CC(C2)CC1C3. The summed E-state index contributed by atoms with van der Waals surface area (Å²) in [6.45, 7) is 4.69. The first-order chi connectivity index (χ1) is 19.3. The fraction of sp³-hybridized carbons (Fsp3) is 0.944. The molecule has 220 valence electrons. The van der Waals surface area contributed by atoms with Crippen LogP contribution in [0.25, 0.3) is 0 Å². The fourth-order valence-electron chi connectivity index (χ4n) is 14.9. The van der Waals surface area contributed by atoms with Gasteiger partial charge in [0.1, 0.15) is 11.2 Å². The molecule has 12 saturated carbocycles. The molecule has 0 radical (unpaired) electrons. The van der Waals surface area contributed by atoms with E-state index in [-0.39, 0.29) is 28.0 Å². The van der Waals surface area contributed by atoms with Crippen LogP contribution in [0, 0.1) is 70.0 Å². The molecule has 3 nitrogen and oxygen atoms in total. The number of thiocarbonyl (C=S) groups is 1. The van der Waals surface area contributed by atoms with Crippen LogP contribution in [0.3, 0.4) is 0 Å². The lowest BCUT2D eigenvalue weighted by Gasteiger charge is -2.64. The molecule has 0 aromatic carbocycles. The molecule has 0 aromatic heterocycles. The van der Waals surface area contributed by atoms with E-state index in [1.165, 1.54) is 70.6 Å². The summed E-state index contributed by atoms with van der Waals surface area (Å²) in [6.07, 6.45) is 22.3. The van der Waals surface area contributed by atoms with Crippen molar-refractivity contribution >= 4 is 23.2 Å². The molecule has 12 aliphatic rings. The van der Waals surface area contributed by atoms with Gasteiger partial charge in [-0.2, -0.15) is 0 Å². The first-order valence-electron chi connectivity index (χ1n) is 17.7. The van der Waals surface area contributed by atoms with E-state index in [0.717, 1.165) is 73.7 Å². The number of esters is 1. The summed E-state index contributed by atoms with van der Waals surface area (Å²) in [7, 11) is 0. The maximum atomic E-state index is 14.6. The molecule has 0 amide bonds. The van der Waals surface area contributed by atoms with Gasteiger partial charge in [0.15, 0.2) is 5.05 Å². The Morgan fingerprint density at radius 1 is 0.575 bits per heavy atom. The van der Waals surface area contributed by atoms with Crippen molar-refractivity contribution in [3.8, 4) is 0 Å². The van der Waals surface area contributed by atoms with Crippen LogP contribution in [-0.4, -0.2) is 22.2 Å². The van der Waals surface area contributed by atoms with Crippen LogP contribution in [0.5, 0.6) is 0 Å². The van der Waals surface area contributed by atoms with Crippen molar-refractivity contribution in [2.45, 2.75) is 141 Å². The van der Waals surface area contributed by atoms with E-state index < -0.39 is 0 Å². The molecule has 0 aromatic rings. The van der Waals surface area contributed by atoms with Gasteiger partial charge < -0.3 is 9.47 Å². The van der Waals surface area contributed by atoms with Gasteiger partial charge in [0, 0.05) is 5.41 Å². The first-order valence-corrected chi connectivity index (χ1v) is 18.1. The van der Waals surface area contributed by atoms with Crippen LogP contribution >= 0.6 is 12.2 Å². The Balaban J connectivity index is 0.994. The van der Waals surface area contributed by atoms with Crippen molar-refractivity contribution in [2.24, 2.45) is 70.0 Å². The number of ether oxygens (including phenoxy) is 2. The van der Waals surface area contributed by atoms with E-state index in [2.05, 4.69) is 13.8 Å². The first kappa shape index (κ1) is 25.8. The van der Waals surface area contributed by atoms with Crippen molar-refractivity contribution in [1.82, 2.24) is 0 Å². The second-order valence-electron chi connectivity index (χ2n) is 17.5. The van der Waals surface area contributed by atoms with Crippen molar-refractivity contribution in [2.75, 3.05) is 0 Å². The lowest BCUT2D eigenvalue weighted by Crippen LogP contribution is -2.64. The van der Waals surface area contributed by atoms with Gasteiger partial charge in [0.05, 0.1) is 5.41 Å². The molecule has 0 saturated heterocycles. The predicted molar refractivity (Wildman–Crippen MR) is 159 cm³/mol. The highest BCUT2D eigenvalue weighted by molar-refractivity contribution is 7.80. The Morgan fingerprint density at radius 3 is 1.38 bits per heavy atom. The molecule has 0 N–H and O–H groups in total. The highest BCUT2D eigenvalue weighted by atomic mass is 32.1. The number of carbonyl (C=O) groups excluding carboxylic acids is 1. The average Bonchev–Trinajstić information content (AvgIpc) is 2.91. The van der Waals surface area contributed by atoms with E-state index in [9.17, 15) is 4.79 Å². The van der Waals surface area contributed by atoms with Crippen molar-refractivity contribution in [3.05, 3.63) is 0 Å². The maximum Gasteiger partial charge on any atom is 0.312 e. The summed E-state index contributed by atoms with van der Waals surface area (Å²) in [5, 5.41) is 0.924. The molecule has 12 fully saturated rings. The molecule has 0 heterocycles. The largest absolute Gasteiger partial charge is 0.480 e. The van der Waals surface area contributed by atoms with Gasteiger partial charge in [-0.25, -0.2) is 0 Å². The number of carbonyl (C=O) groups is 1. The number of hydrogen-bond donors (Lipinski definition) is 0. The summed E-state index contributed by atoms with van der Waals surface area (Å²) >= 11 is 6.43. The minimum absolute atomic E-state index is 0.0336. The standard InChI is InChI=1S/C36H52O3S/c1-3-35(27-8-21-5-22(10-27)11-28(35)9-21)38-31(37)33-16-25-7-26(17-33)19-34(18-25,20-33)32(40)39-36(4-2)29-12-23-6-24(14-29)15-30(36)13-23/h21-30H,3-20H2,1-2H3. The Kier molecular flexibility index (Phi) is 5.49. The molecule has 0 aliphatic heterocycles. The van der Waals surface area contributed by atoms with Gasteiger partial charge in [-0.05, 0) is 187 Å². The van der Waals surface area contributed by atoms with Crippen LogP contribution in [0.2, 0.25) is 0 Å². The third-order valence-electron chi connectivity index (χ3n) is 15.6. The fourth-order valence-corrected chi connectivity index (χ4v) is 15.3. The number of rotatable bonds is 6. The molecule has 0 spiro atoms. The quantitative estimate of drug-likeness (QED) is 0.239. The minimum Gasteiger partial charge on any atom is -0.480 e. The summed E-state index contributed by atoms with van der Waals surface area (Å²) in [5.41, 5.74) is -0.630. The van der Waals surface area contributed by atoms with E-state index in [1.807, 2.05) is 0 Å². The molecule has 2 atom stereocenters. The summed E-state index contributed by atoms with van der Waals surface area (Å²) in [5.74, 6) is 7.68. The summed E-state index contributed by atoms with van der Waals surface area (Å²) < 4.78 is 14.3. The molecular formula is C36H52O3S. The number of hydrogen-bond acceptors (Lipinski definition) is 4. The molecule has 4 heteroatoms. The molecule has 12 rings (SSSR count).